The summed E-state index contributed by atoms with van der Waals surface area (Å²) in [5, 5.41) is 13.8. The lowest BCUT2D eigenvalue weighted by molar-refractivity contribution is 0.102. The minimum Gasteiger partial charge on any atom is -0.491 e. The smallest absolute Gasteiger partial charge is 0.122 e. The number of aliphatic hydroxyl groups is 1. The molecule has 0 heterocycles. The molecule has 0 saturated heterocycles. The van der Waals surface area contributed by atoms with E-state index in [2.05, 4.69) is 36.2 Å². The quantitative estimate of drug-likeness (QED) is 0.720. The van der Waals surface area contributed by atoms with Gasteiger partial charge in [0.1, 0.15) is 18.5 Å². The summed E-state index contributed by atoms with van der Waals surface area (Å²) in [4.78, 5) is 0. The van der Waals surface area contributed by atoms with Gasteiger partial charge in [0.2, 0.25) is 0 Å². The summed E-state index contributed by atoms with van der Waals surface area (Å²) in [6.07, 6.45) is 5.55. The molecule has 2 aromatic rings. The average Bonchev–Trinajstić information content (AvgIpc) is 2.66. The van der Waals surface area contributed by atoms with Crippen molar-refractivity contribution >= 4 is 0 Å². The number of hydrogen-bond donors (Lipinski definition) is 2. The van der Waals surface area contributed by atoms with Crippen LogP contribution in [-0.4, -0.2) is 24.4 Å². The highest BCUT2D eigenvalue weighted by Crippen LogP contribution is 2.29. The van der Waals surface area contributed by atoms with Gasteiger partial charge in [0, 0.05) is 12.6 Å². The minimum absolute atomic E-state index is 0.287. The van der Waals surface area contributed by atoms with Crippen LogP contribution in [0.2, 0.25) is 0 Å². The molecule has 0 fully saturated rings. The number of allylic oxidation sites excluding steroid dienone is 1. The molecule has 2 atom stereocenters. The van der Waals surface area contributed by atoms with Gasteiger partial charge in [-0.1, -0.05) is 48.5 Å². The van der Waals surface area contributed by atoms with Crippen LogP contribution in [0.15, 0.2) is 61.2 Å². The van der Waals surface area contributed by atoms with Gasteiger partial charge in [-0.25, -0.2) is 0 Å². The van der Waals surface area contributed by atoms with Gasteiger partial charge in [0.15, 0.2) is 0 Å². The van der Waals surface area contributed by atoms with Crippen LogP contribution < -0.4 is 10.1 Å². The van der Waals surface area contributed by atoms with Crippen LogP contribution in [-0.2, 0) is 12.8 Å². The van der Waals surface area contributed by atoms with Gasteiger partial charge < -0.3 is 15.2 Å². The van der Waals surface area contributed by atoms with Gasteiger partial charge in [0.05, 0.1) is 0 Å². The zero-order chi connectivity index (χ0) is 17.5. The molecule has 0 unspecified atom stereocenters. The van der Waals surface area contributed by atoms with E-state index in [9.17, 15) is 5.11 Å². The molecule has 0 spiro atoms. The van der Waals surface area contributed by atoms with Gasteiger partial charge in [-0.3, -0.25) is 0 Å². The van der Waals surface area contributed by atoms with Crippen molar-refractivity contribution in [1.29, 1.82) is 0 Å². The van der Waals surface area contributed by atoms with E-state index < -0.39 is 6.10 Å². The Morgan fingerprint density at radius 2 is 2.00 bits per heavy atom. The van der Waals surface area contributed by atoms with Crippen molar-refractivity contribution in [3.63, 3.8) is 0 Å². The zero-order valence-corrected chi connectivity index (χ0v) is 14.7. The number of hydrogen-bond acceptors (Lipinski definition) is 3. The molecule has 3 heteroatoms. The van der Waals surface area contributed by atoms with Crippen LogP contribution in [0.3, 0.4) is 0 Å². The monoisotopic (exact) mass is 337 g/mol. The third-order valence-electron chi connectivity index (χ3n) is 4.74. The number of rotatable bonds is 8. The van der Waals surface area contributed by atoms with Crippen molar-refractivity contribution in [2.75, 3.05) is 13.2 Å². The van der Waals surface area contributed by atoms with Gasteiger partial charge in [-0.05, 0) is 48.4 Å². The first-order valence-corrected chi connectivity index (χ1v) is 9.08. The minimum atomic E-state index is -0.536. The van der Waals surface area contributed by atoms with Crippen LogP contribution in [0.1, 0.15) is 35.6 Å². The van der Waals surface area contributed by atoms with Crippen LogP contribution in [0.25, 0.3) is 0 Å². The predicted octanol–water partition coefficient (Wildman–Crippen LogP) is 3.82. The first kappa shape index (κ1) is 17.7. The fourth-order valence-corrected chi connectivity index (χ4v) is 3.46. The van der Waals surface area contributed by atoms with Crippen LogP contribution in [0, 0.1) is 0 Å². The van der Waals surface area contributed by atoms with Gasteiger partial charge >= 0.3 is 0 Å². The molecule has 0 saturated carbocycles. The van der Waals surface area contributed by atoms with E-state index in [4.69, 9.17) is 4.74 Å². The van der Waals surface area contributed by atoms with E-state index in [1.807, 2.05) is 30.3 Å². The second kappa shape index (κ2) is 8.84. The molecule has 0 aliphatic heterocycles. The summed E-state index contributed by atoms with van der Waals surface area (Å²) >= 11 is 0. The number of para-hydroxylation sites is 1. The molecule has 0 bridgehead atoms. The Morgan fingerprint density at radius 3 is 2.88 bits per heavy atom. The summed E-state index contributed by atoms with van der Waals surface area (Å²) < 4.78 is 5.82. The number of fused-ring (bicyclic) bond motifs is 1. The second-order valence-electron chi connectivity index (χ2n) is 6.62. The fourth-order valence-electron chi connectivity index (χ4n) is 3.46. The number of nitrogens with one attached hydrogen (secondary N) is 1. The molecule has 25 heavy (non-hydrogen) atoms. The van der Waals surface area contributed by atoms with E-state index >= 15 is 0 Å². The molecule has 1 aliphatic carbocycles. The van der Waals surface area contributed by atoms with E-state index in [-0.39, 0.29) is 6.61 Å². The van der Waals surface area contributed by atoms with E-state index in [0.717, 1.165) is 30.6 Å². The summed E-state index contributed by atoms with van der Waals surface area (Å²) in [5.41, 5.74) is 3.90. The molecule has 2 aromatic carbocycles. The lowest BCUT2D eigenvalue weighted by Gasteiger charge is -2.27. The topological polar surface area (TPSA) is 41.5 Å². The number of benzene rings is 2. The van der Waals surface area contributed by atoms with Gasteiger partial charge in [-0.2, -0.15) is 0 Å². The normalized spacial score (nSPS) is 17.6. The Kier molecular flexibility index (Phi) is 6.26. The first-order valence-electron chi connectivity index (χ1n) is 9.08. The highest BCUT2D eigenvalue weighted by atomic mass is 16.5. The maximum atomic E-state index is 10.3. The lowest BCUT2D eigenvalue weighted by atomic mass is 9.88. The Morgan fingerprint density at radius 1 is 1.20 bits per heavy atom. The summed E-state index contributed by atoms with van der Waals surface area (Å²) in [7, 11) is 0. The highest BCUT2D eigenvalue weighted by Gasteiger charge is 2.20. The summed E-state index contributed by atoms with van der Waals surface area (Å²) in [5.74, 6) is 0.824. The Labute approximate surface area is 150 Å². The molecule has 3 nitrogen and oxygen atoms in total. The highest BCUT2D eigenvalue weighted by molar-refractivity contribution is 5.34. The van der Waals surface area contributed by atoms with E-state index in [0.29, 0.717) is 12.6 Å². The predicted molar refractivity (Wildman–Crippen MR) is 102 cm³/mol. The molecule has 0 radical (unpaired) electrons. The van der Waals surface area contributed by atoms with Crippen molar-refractivity contribution in [3.05, 3.63) is 77.9 Å². The van der Waals surface area contributed by atoms with Crippen molar-refractivity contribution in [2.45, 2.75) is 37.8 Å². The summed E-state index contributed by atoms with van der Waals surface area (Å²) in [6.45, 7) is 4.59. The summed E-state index contributed by atoms with van der Waals surface area (Å²) in [6, 6.07) is 16.8. The molecule has 3 rings (SSSR count). The second-order valence-corrected chi connectivity index (χ2v) is 6.62. The molecular weight excluding hydrogens is 310 g/mol. The molecular formula is C22H27NO2. The maximum Gasteiger partial charge on any atom is 0.122 e. The molecule has 0 aromatic heterocycles. The molecule has 2 N–H and O–H groups in total. The lowest BCUT2D eigenvalue weighted by Crippen LogP contribution is -2.35. The molecule has 1 aliphatic rings. The third kappa shape index (κ3) is 4.71. The fraction of sp³-hybridized carbons (Fsp3) is 0.364. The average molecular weight is 337 g/mol. The maximum absolute atomic E-state index is 10.3. The molecule has 0 amide bonds. The standard InChI is InChI=1S/C22H27NO2/c1-2-8-18-10-4-6-14-22(18)25-16-19(24)15-23-21-13-7-11-17-9-3-5-12-20(17)21/h2-6,9-10,12,14,19,21,23-24H,1,7-8,11,13,15-16H2/t19-,21+/m0/s1. The van der Waals surface area contributed by atoms with Crippen LogP contribution >= 0.6 is 0 Å². The van der Waals surface area contributed by atoms with Crippen LogP contribution in [0.5, 0.6) is 5.75 Å². The number of ether oxygens (including phenoxy) is 1. The van der Waals surface area contributed by atoms with E-state index in [1.165, 1.54) is 17.5 Å². The Bertz CT molecular complexity index is 698. The largest absolute Gasteiger partial charge is 0.491 e. The van der Waals surface area contributed by atoms with Gasteiger partial charge in [0.25, 0.3) is 0 Å². The number of aliphatic hydroxyl groups excluding tert-OH is 1. The van der Waals surface area contributed by atoms with Crippen molar-refractivity contribution in [3.8, 4) is 5.75 Å². The van der Waals surface area contributed by atoms with Gasteiger partial charge in [-0.15, -0.1) is 6.58 Å². The van der Waals surface area contributed by atoms with E-state index in [1.54, 1.807) is 0 Å². The van der Waals surface area contributed by atoms with Crippen LogP contribution in [0.4, 0.5) is 0 Å². The number of aryl methyl sites for hydroxylation is 1. The van der Waals surface area contributed by atoms with Crippen molar-refractivity contribution in [1.82, 2.24) is 5.32 Å². The first-order chi connectivity index (χ1) is 12.3. The van der Waals surface area contributed by atoms with Crippen molar-refractivity contribution in [2.24, 2.45) is 0 Å². The Hall–Kier alpha value is -2.10. The molecule has 132 valence electrons. The van der Waals surface area contributed by atoms with Crippen molar-refractivity contribution < 1.29 is 9.84 Å². The Balaban J connectivity index is 1.51. The SMILES string of the molecule is C=CCc1ccccc1OC[C@@H](O)CN[C@@H]1CCCc2ccccc21. The zero-order valence-electron chi connectivity index (χ0n) is 14.7. The third-order valence-corrected chi connectivity index (χ3v) is 4.74.